The number of nitrogens with zero attached hydrogens (tertiary/aromatic N) is 5. The number of pyridine rings is 1. The Labute approximate surface area is 180 Å². The molecule has 2 fully saturated rings. The number of morpholine rings is 1. The van der Waals surface area contributed by atoms with Crippen molar-refractivity contribution < 1.29 is 9.47 Å². The second kappa shape index (κ2) is 8.86. The Hall–Kier alpha value is -2.62. The van der Waals surface area contributed by atoms with Crippen LogP contribution in [0.2, 0.25) is 0 Å². The van der Waals surface area contributed by atoms with Gasteiger partial charge in [-0.3, -0.25) is 9.69 Å². The molecule has 0 unspecified atom stereocenters. The molecule has 0 bridgehead atoms. The van der Waals surface area contributed by atoms with Gasteiger partial charge in [-0.2, -0.15) is 0 Å². The molecule has 1 aromatic carbocycles. The molecule has 2 aliphatic rings. The number of fused-ring (bicyclic) bond motifs is 1. The molecule has 0 saturated carbocycles. The van der Waals surface area contributed by atoms with Gasteiger partial charge in [-0.15, -0.1) is 5.10 Å². The van der Waals surface area contributed by atoms with Gasteiger partial charge in [0, 0.05) is 30.8 Å². The molecule has 164 valence electrons. The normalized spacial score (nSPS) is 21.0. The van der Waals surface area contributed by atoms with E-state index in [9.17, 15) is 4.79 Å². The number of hydrogen-bond donors (Lipinski definition) is 1. The van der Waals surface area contributed by atoms with Crippen LogP contribution >= 0.6 is 0 Å². The molecule has 5 rings (SSSR count). The first kappa shape index (κ1) is 20.3. The molecule has 31 heavy (non-hydrogen) atoms. The highest BCUT2D eigenvalue weighted by atomic mass is 16.5. The van der Waals surface area contributed by atoms with E-state index in [-0.39, 0.29) is 17.7 Å². The van der Waals surface area contributed by atoms with Gasteiger partial charge in [0.1, 0.15) is 6.04 Å². The van der Waals surface area contributed by atoms with Gasteiger partial charge in [0.25, 0.3) is 5.56 Å². The fourth-order valence-corrected chi connectivity index (χ4v) is 4.55. The third kappa shape index (κ3) is 4.13. The minimum Gasteiger partial charge on any atom is -0.379 e. The van der Waals surface area contributed by atoms with Crippen LogP contribution in [0.25, 0.3) is 10.9 Å². The third-order valence-corrected chi connectivity index (χ3v) is 6.26. The van der Waals surface area contributed by atoms with Crippen LogP contribution < -0.4 is 5.56 Å². The Bertz CT molecular complexity index is 1100. The number of hydrogen-bond acceptors (Lipinski definition) is 7. The summed E-state index contributed by atoms with van der Waals surface area (Å²) in [6, 6.07) is 7.82. The average molecular weight is 425 g/mol. The standard InChI is InChI=1S/C22H28N6O3/c1-2-15-5-6-19-16(12-15)13-18(22(29)23-19)20(27-7-10-30-11-8-27)21-24-25-26-28(21)14-17-4-3-9-31-17/h5-6,12-13,17,20H,2-4,7-11,14H2,1H3,(H,23,29)/t17-,20-/m0/s1. The number of nitrogens with one attached hydrogen (secondary N) is 1. The van der Waals surface area contributed by atoms with Gasteiger partial charge in [0.2, 0.25) is 0 Å². The summed E-state index contributed by atoms with van der Waals surface area (Å²) in [6.45, 7) is 6.16. The quantitative estimate of drug-likeness (QED) is 0.643. The van der Waals surface area contributed by atoms with Crippen LogP contribution in [0.5, 0.6) is 0 Å². The number of rotatable bonds is 6. The van der Waals surface area contributed by atoms with Crippen molar-refractivity contribution in [2.45, 2.75) is 44.9 Å². The van der Waals surface area contributed by atoms with Crippen molar-refractivity contribution >= 4 is 10.9 Å². The largest absolute Gasteiger partial charge is 0.379 e. The second-order valence-electron chi connectivity index (χ2n) is 8.23. The summed E-state index contributed by atoms with van der Waals surface area (Å²) < 4.78 is 13.2. The maximum Gasteiger partial charge on any atom is 0.253 e. The highest BCUT2D eigenvalue weighted by molar-refractivity contribution is 5.80. The lowest BCUT2D eigenvalue weighted by molar-refractivity contribution is 0.0205. The van der Waals surface area contributed by atoms with Crippen LogP contribution in [0, 0.1) is 0 Å². The summed E-state index contributed by atoms with van der Waals surface area (Å²) in [4.78, 5) is 18.5. The van der Waals surface area contributed by atoms with Crippen molar-refractivity contribution in [2.24, 2.45) is 0 Å². The zero-order valence-corrected chi connectivity index (χ0v) is 17.8. The van der Waals surface area contributed by atoms with E-state index in [1.54, 1.807) is 0 Å². The molecule has 4 heterocycles. The monoisotopic (exact) mass is 424 g/mol. The number of ether oxygens (including phenoxy) is 2. The maximum atomic E-state index is 13.2. The summed E-state index contributed by atoms with van der Waals surface area (Å²) in [5.74, 6) is 0.675. The SMILES string of the molecule is CCc1ccc2[nH]c(=O)c([C@@H](c3nnnn3C[C@@H]3CCCO3)N3CCOCC3)cc2c1. The fourth-order valence-electron chi connectivity index (χ4n) is 4.55. The van der Waals surface area contributed by atoms with E-state index in [1.807, 2.05) is 16.8 Å². The highest BCUT2D eigenvalue weighted by Gasteiger charge is 2.32. The fraction of sp³-hybridized carbons (Fsp3) is 0.545. The van der Waals surface area contributed by atoms with Crippen molar-refractivity contribution in [1.82, 2.24) is 30.1 Å². The topological polar surface area (TPSA) is 98.2 Å². The van der Waals surface area contributed by atoms with Crippen LogP contribution in [-0.2, 0) is 22.4 Å². The molecule has 1 N–H and O–H groups in total. The molecule has 2 aliphatic heterocycles. The van der Waals surface area contributed by atoms with Crippen molar-refractivity contribution in [2.75, 3.05) is 32.9 Å². The first-order valence-electron chi connectivity index (χ1n) is 11.1. The number of aromatic amines is 1. The van der Waals surface area contributed by atoms with Crippen molar-refractivity contribution in [3.05, 3.63) is 51.6 Å². The number of aromatic nitrogens is 5. The van der Waals surface area contributed by atoms with Gasteiger partial charge in [-0.25, -0.2) is 4.68 Å². The minimum atomic E-state index is -0.348. The van der Waals surface area contributed by atoms with Gasteiger partial charge in [0.15, 0.2) is 5.82 Å². The third-order valence-electron chi connectivity index (χ3n) is 6.26. The number of H-pyrrole nitrogens is 1. The lowest BCUT2D eigenvalue weighted by Gasteiger charge is -2.33. The average Bonchev–Trinajstić information content (AvgIpc) is 3.48. The summed E-state index contributed by atoms with van der Waals surface area (Å²) in [6.07, 6.45) is 3.10. The van der Waals surface area contributed by atoms with E-state index in [1.165, 1.54) is 5.56 Å². The summed E-state index contributed by atoms with van der Waals surface area (Å²) in [5, 5.41) is 13.6. The molecule has 0 spiro atoms. The molecule has 9 heteroatoms. The first-order valence-corrected chi connectivity index (χ1v) is 11.1. The van der Waals surface area contributed by atoms with Crippen LogP contribution in [-0.4, -0.2) is 69.1 Å². The van der Waals surface area contributed by atoms with Crippen molar-refractivity contribution in [3.63, 3.8) is 0 Å². The van der Waals surface area contributed by atoms with E-state index < -0.39 is 0 Å². The second-order valence-corrected chi connectivity index (χ2v) is 8.23. The van der Waals surface area contributed by atoms with E-state index in [0.717, 1.165) is 36.8 Å². The summed E-state index contributed by atoms with van der Waals surface area (Å²) >= 11 is 0. The predicted octanol–water partition coefficient (Wildman–Crippen LogP) is 1.68. The first-order chi connectivity index (χ1) is 15.2. The molecule has 2 aromatic heterocycles. The van der Waals surface area contributed by atoms with E-state index in [4.69, 9.17) is 9.47 Å². The minimum absolute atomic E-state index is 0.106. The van der Waals surface area contributed by atoms with Gasteiger partial charge < -0.3 is 14.5 Å². The summed E-state index contributed by atoms with van der Waals surface area (Å²) in [7, 11) is 0. The number of benzene rings is 1. The molecule has 2 saturated heterocycles. The van der Waals surface area contributed by atoms with Crippen LogP contribution in [0.1, 0.15) is 42.8 Å². The molecule has 9 nitrogen and oxygen atoms in total. The van der Waals surface area contributed by atoms with E-state index in [0.29, 0.717) is 44.2 Å². The highest BCUT2D eigenvalue weighted by Crippen LogP contribution is 2.28. The van der Waals surface area contributed by atoms with Crippen LogP contribution in [0.15, 0.2) is 29.1 Å². The molecular weight excluding hydrogens is 396 g/mol. The lowest BCUT2D eigenvalue weighted by Crippen LogP contribution is -2.42. The number of tetrazole rings is 1. The molecule has 3 aromatic rings. The lowest BCUT2D eigenvalue weighted by atomic mass is 10.0. The Morgan fingerprint density at radius 1 is 1.23 bits per heavy atom. The smallest absolute Gasteiger partial charge is 0.253 e. The van der Waals surface area contributed by atoms with Crippen molar-refractivity contribution in [3.8, 4) is 0 Å². The molecular formula is C22H28N6O3. The zero-order valence-electron chi connectivity index (χ0n) is 17.8. The maximum absolute atomic E-state index is 13.2. The zero-order chi connectivity index (χ0) is 21.2. The van der Waals surface area contributed by atoms with Gasteiger partial charge >= 0.3 is 0 Å². The van der Waals surface area contributed by atoms with Gasteiger partial charge in [-0.1, -0.05) is 13.0 Å². The Balaban J connectivity index is 1.59. The van der Waals surface area contributed by atoms with E-state index >= 15 is 0 Å². The molecule has 0 aliphatic carbocycles. The molecule has 0 radical (unpaired) electrons. The number of aryl methyl sites for hydroxylation is 1. The predicted molar refractivity (Wildman–Crippen MR) is 115 cm³/mol. The van der Waals surface area contributed by atoms with Crippen LogP contribution in [0.3, 0.4) is 0 Å². The summed E-state index contributed by atoms with van der Waals surface area (Å²) in [5.41, 5.74) is 2.62. The molecule has 2 atom stereocenters. The van der Waals surface area contributed by atoms with Gasteiger partial charge in [-0.05, 0) is 58.8 Å². The molecule has 0 amide bonds. The Morgan fingerprint density at radius 2 is 2.10 bits per heavy atom. The van der Waals surface area contributed by atoms with Crippen molar-refractivity contribution in [1.29, 1.82) is 0 Å². The Kier molecular flexibility index (Phi) is 5.80. The van der Waals surface area contributed by atoms with Gasteiger partial charge in [0.05, 0.1) is 25.9 Å². The Morgan fingerprint density at radius 3 is 2.87 bits per heavy atom. The van der Waals surface area contributed by atoms with E-state index in [2.05, 4.69) is 44.5 Å². The van der Waals surface area contributed by atoms with Crippen LogP contribution in [0.4, 0.5) is 0 Å².